The van der Waals surface area contributed by atoms with Crippen LogP contribution in [0.25, 0.3) is 0 Å². The largest absolute Gasteiger partial charge is 0.508 e. The van der Waals surface area contributed by atoms with Crippen molar-refractivity contribution in [3.05, 3.63) is 39.9 Å². The Balaban J connectivity index is 2.20. The van der Waals surface area contributed by atoms with Crippen molar-refractivity contribution in [2.45, 2.75) is 26.2 Å². The molecule has 1 heterocycles. The molecule has 0 saturated heterocycles. The Labute approximate surface area is 126 Å². The first-order chi connectivity index (χ1) is 9.27. The van der Waals surface area contributed by atoms with Gasteiger partial charge in [-0.2, -0.15) is 0 Å². The molecule has 2 N–H and O–H groups in total. The summed E-state index contributed by atoms with van der Waals surface area (Å²) in [5.41, 5.74) is 1.07. The second-order valence-corrected chi connectivity index (χ2v) is 6.67. The number of amides is 1. The number of nitrogens with zero attached hydrogens (tertiary/aromatic N) is 1. The fraction of sp³-hybridized carbons (Fsp3) is 0.286. The molecule has 1 aromatic heterocycles. The Kier molecular flexibility index (Phi) is 4.01. The van der Waals surface area contributed by atoms with Gasteiger partial charge in [-0.25, -0.2) is 4.98 Å². The van der Waals surface area contributed by atoms with Crippen molar-refractivity contribution in [2.75, 3.05) is 5.32 Å². The van der Waals surface area contributed by atoms with Gasteiger partial charge in [0.05, 0.1) is 16.3 Å². The van der Waals surface area contributed by atoms with Crippen molar-refractivity contribution in [3.63, 3.8) is 0 Å². The molecule has 1 aromatic carbocycles. The molecule has 20 heavy (non-hydrogen) atoms. The Bertz CT molecular complexity index is 647. The van der Waals surface area contributed by atoms with Gasteiger partial charge in [0.2, 0.25) is 0 Å². The highest BCUT2D eigenvalue weighted by atomic mass is 35.5. The number of carbonyl (C=O) groups excluding carboxylic acids is 1. The van der Waals surface area contributed by atoms with Gasteiger partial charge < -0.3 is 5.11 Å². The van der Waals surface area contributed by atoms with Gasteiger partial charge >= 0.3 is 0 Å². The molecule has 0 aliphatic heterocycles. The minimum atomic E-state index is -0.388. The third-order valence-electron chi connectivity index (χ3n) is 2.69. The maximum Gasteiger partial charge on any atom is 0.259 e. The Morgan fingerprint density at radius 3 is 2.70 bits per heavy atom. The van der Waals surface area contributed by atoms with Crippen molar-refractivity contribution in [3.8, 4) is 5.75 Å². The van der Waals surface area contributed by atoms with Crippen LogP contribution in [0.1, 0.15) is 36.8 Å². The van der Waals surface area contributed by atoms with Crippen LogP contribution in [-0.2, 0) is 5.41 Å². The number of aromatic hydroxyl groups is 1. The van der Waals surface area contributed by atoms with E-state index in [0.29, 0.717) is 5.13 Å². The summed E-state index contributed by atoms with van der Waals surface area (Å²) in [4.78, 5) is 16.5. The summed E-state index contributed by atoms with van der Waals surface area (Å²) in [7, 11) is 0. The molecule has 106 valence electrons. The van der Waals surface area contributed by atoms with E-state index in [1.165, 1.54) is 29.5 Å². The van der Waals surface area contributed by atoms with Crippen LogP contribution in [0.15, 0.2) is 23.6 Å². The number of carbonyl (C=O) groups is 1. The lowest BCUT2D eigenvalue weighted by Gasteiger charge is -2.14. The number of benzene rings is 1. The average molecular weight is 311 g/mol. The maximum atomic E-state index is 12.1. The van der Waals surface area contributed by atoms with Gasteiger partial charge in [-0.05, 0) is 18.2 Å². The number of hydrogen-bond donors (Lipinski definition) is 2. The van der Waals surface area contributed by atoms with E-state index in [-0.39, 0.29) is 27.7 Å². The normalized spacial score (nSPS) is 11.4. The number of halogens is 1. The molecule has 0 atom stereocenters. The number of rotatable bonds is 2. The van der Waals surface area contributed by atoms with E-state index >= 15 is 0 Å². The molecule has 4 nitrogen and oxygen atoms in total. The summed E-state index contributed by atoms with van der Waals surface area (Å²) in [6, 6.07) is 4.24. The van der Waals surface area contributed by atoms with Gasteiger partial charge in [0.1, 0.15) is 5.75 Å². The average Bonchev–Trinajstić information content (AvgIpc) is 2.80. The molecule has 0 bridgehead atoms. The summed E-state index contributed by atoms with van der Waals surface area (Å²) < 4.78 is 0. The number of aromatic nitrogens is 1. The van der Waals surface area contributed by atoms with Crippen molar-refractivity contribution in [2.24, 2.45) is 0 Å². The number of nitrogens with one attached hydrogen (secondary N) is 1. The number of anilines is 1. The molecule has 1 amide bonds. The van der Waals surface area contributed by atoms with E-state index in [1.807, 2.05) is 5.38 Å². The third kappa shape index (κ3) is 3.29. The zero-order chi connectivity index (χ0) is 14.9. The molecular formula is C14H15ClN2O2S. The first-order valence-corrected chi connectivity index (χ1v) is 7.29. The van der Waals surface area contributed by atoms with Crippen LogP contribution in [0.3, 0.4) is 0 Å². The van der Waals surface area contributed by atoms with Gasteiger partial charge in [0, 0.05) is 10.8 Å². The minimum absolute atomic E-state index is 0.00549. The predicted octanol–water partition coefficient (Wildman–Crippen LogP) is 4.05. The Morgan fingerprint density at radius 2 is 2.10 bits per heavy atom. The molecule has 0 saturated carbocycles. The monoisotopic (exact) mass is 310 g/mol. The maximum absolute atomic E-state index is 12.1. The van der Waals surface area contributed by atoms with Crippen LogP contribution in [0.2, 0.25) is 5.02 Å². The molecule has 6 heteroatoms. The molecule has 0 fully saturated rings. The molecule has 0 spiro atoms. The zero-order valence-electron chi connectivity index (χ0n) is 11.4. The van der Waals surface area contributed by atoms with Gasteiger partial charge in [0.25, 0.3) is 5.91 Å². The molecule has 0 aliphatic carbocycles. The van der Waals surface area contributed by atoms with E-state index < -0.39 is 0 Å². The number of phenolic OH excluding ortho intramolecular Hbond substituents is 1. The molecule has 0 unspecified atom stereocenters. The highest BCUT2D eigenvalue weighted by Crippen LogP contribution is 2.27. The van der Waals surface area contributed by atoms with Crippen LogP contribution in [0, 0.1) is 0 Å². The van der Waals surface area contributed by atoms with E-state index in [0.717, 1.165) is 5.69 Å². The molecular weight excluding hydrogens is 296 g/mol. The molecule has 2 rings (SSSR count). The second-order valence-electron chi connectivity index (χ2n) is 5.41. The predicted molar refractivity (Wildman–Crippen MR) is 81.9 cm³/mol. The summed E-state index contributed by atoms with van der Waals surface area (Å²) in [6.07, 6.45) is 0. The third-order valence-corrected chi connectivity index (χ3v) is 3.77. The van der Waals surface area contributed by atoms with Gasteiger partial charge in [-0.1, -0.05) is 32.4 Å². The van der Waals surface area contributed by atoms with Crippen LogP contribution in [-0.4, -0.2) is 16.0 Å². The number of phenols is 1. The van der Waals surface area contributed by atoms with Gasteiger partial charge in [0.15, 0.2) is 5.13 Å². The lowest BCUT2D eigenvalue weighted by atomic mass is 9.93. The van der Waals surface area contributed by atoms with Crippen LogP contribution >= 0.6 is 22.9 Å². The minimum Gasteiger partial charge on any atom is -0.508 e. The van der Waals surface area contributed by atoms with Crippen molar-refractivity contribution in [1.29, 1.82) is 0 Å². The summed E-state index contributed by atoms with van der Waals surface area (Å²) in [6.45, 7) is 6.17. The van der Waals surface area contributed by atoms with Gasteiger partial charge in [-0.15, -0.1) is 11.3 Å². The standard InChI is InChI=1S/C14H15ClN2O2S/c1-14(2,3)11-7-20-13(16-11)17-12(19)9-6-8(18)4-5-10(9)15/h4-7,18H,1-3H3,(H,16,17,19). The second kappa shape index (κ2) is 5.42. The summed E-state index contributed by atoms with van der Waals surface area (Å²) in [5, 5.41) is 14.8. The number of hydrogen-bond acceptors (Lipinski definition) is 4. The highest BCUT2D eigenvalue weighted by Gasteiger charge is 2.19. The smallest absolute Gasteiger partial charge is 0.259 e. The Hall–Kier alpha value is -1.59. The Morgan fingerprint density at radius 1 is 1.40 bits per heavy atom. The van der Waals surface area contributed by atoms with Crippen molar-refractivity contribution < 1.29 is 9.90 Å². The first kappa shape index (κ1) is 14.8. The molecule has 2 aromatic rings. The fourth-order valence-electron chi connectivity index (χ4n) is 1.53. The van der Waals surface area contributed by atoms with E-state index in [4.69, 9.17) is 11.6 Å². The lowest BCUT2D eigenvalue weighted by molar-refractivity contribution is 0.102. The van der Waals surface area contributed by atoms with E-state index in [9.17, 15) is 9.90 Å². The highest BCUT2D eigenvalue weighted by molar-refractivity contribution is 7.14. The lowest BCUT2D eigenvalue weighted by Crippen LogP contribution is -2.14. The molecule has 0 aliphatic rings. The summed E-state index contributed by atoms with van der Waals surface area (Å²) >= 11 is 7.31. The summed E-state index contributed by atoms with van der Waals surface area (Å²) in [5.74, 6) is -0.394. The topological polar surface area (TPSA) is 62.2 Å². The van der Waals surface area contributed by atoms with Crippen molar-refractivity contribution in [1.82, 2.24) is 4.98 Å². The fourth-order valence-corrected chi connectivity index (χ4v) is 2.66. The first-order valence-electron chi connectivity index (χ1n) is 6.03. The van der Waals surface area contributed by atoms with Crippen LogP contribution < -0.4 is 5.32 Å². The quantitative estimate of drug-likeness (QED) is 0.879. The molecule has 0 radical (unpaired) electrons. The SMILES string of the molecule is CC(C)(C)c1csc(NC(=O)c2cc(O)ccc2Cl)n1. The number of thiazole rings is 1. The van der Waals surface area contributed by atoms with Crippen LogP contribution in [0.4, 0.5) is 5.13 Å². The van der Waals surface area contributed by atoms with Gasteiger partial charge in [-0.3, -0.25) is 10.1 Å². The van der Waals surface area contributed by atoms with Crippen LogP contribution in [0.5, 0.6) is 5.75 Å². The van der Waals surface area contributed by atoms with E-state index in [1.54, 1.807) is 0 Å². The van der Waals surface area contributed by atoms with E-state index in [2.05, 4.69) is 31.1 Å². The van der Waals surface area contributed by atoms with Crippen molar-refractivity contribution >= 4 is 34.0 Å². The zero-order valence-corrected chi connectivity index (χ0v) is 13.0.